The molecule has 1 aliphatic rings. The topological polar surface area (TPSA) is 62.2 Å². The number of fused-ring (bicyclic) bond motifs is 1. The Kier molecular flexibility index (Phi) is 3.54. The summed E-state index contributed by atoms with van der Waals surface area (Å²) < 4.78 is 0. The van der Waals surface area contributed by atoms with E-state index in [4.69, 9.17) is 0 Å². The van der Waals surface area contributed by atoms with Crippen molar-refractivity contribution in [3.05, 3.63) is 36.5 Å². The molecule has 0 radical (unpaired) electrons. The van der Waals surface area contributed by atoms with Crippen LogP contribution in [0.25, 0.3) is 10.8 Å². The molecule has 2 N–H and O–H groups in total. The van der Waals surface area contributed by atoms with Crippen molar-refractivity contribution in [3.63, 3.8) is 0 Å². The van der Waals surface area contributed by atoms with Crippen molar-refractivity contribution < 1.29 is 9.90 Å². The average molecular weight is 270 g/mol. The molecule has 2 atom stereocenters. The van der Waals surface area contributed by atoms with E-state index >= 15 is 0 Å². The number of carboxylic acids is 1. The summed E-state index contributed by atoms with van der Waals surface area (Å²) in [4.78, 5) is 15.6. The zero-order valence-electron chi connectivity index (χ0n) is 11.2. The lowest BCUT2D eigenvalue weighted by Gasteiger charge is -2.17. The van der Waals surface area contributed by atoms with Crippen LogP contribution in [0.2, 0.25) is 0 Å². The predicted octanol–water partition coefficient (Wildman–Crippen LogP) is 3.15. The van der Waals surface area contributed by atoms with Crippen molar-refractivity contribution in [3.8, 4) is 0 Å². The van der Waals surface area contributed by atoms with Crippen molar-refractivity contribution in [1.29, 1.82) is 0 Å². The molecule has 0 bridgehead atoms. The maximum atomic E-state index is 11.2. The summed E-state index contributed by atoms with van der Waals surface area (Å²) in [5.74, 6) is 0.171. The molecule has 104 valence electrons. The molecule has 2 aromatic rings. The molecule has 1 aliphatic carbocycles. The molecule has 0 aliphatic heterocycles. The summed E-state index contributed by atoms with van der Waals surface area (Å²) in [6.45, 7) is 0.679. The molecule has 3 rings (SSSR count). The quantitative estimate of drug-likeness (QED) is 0.896. The summed E-state index contributed by atoms with van der Waals surface area (Å²) in [6.07, 6.45) is 4.57. The van der Waals surface area contributed by atoms with Gasteiger partial charge in [0, 0.05) is 18.1 Å². The molecule has 0 amide bonds. The highest BCUT2D eigenvalue weighted by Crippen LogP contribution is 2.32. The summed E-state index contributed by atoms with van der Waals surface area (Å²) in [5.41, 5.74) is 0. The van der Waals surface area contributed by atoms with Crippen LogP contribution in [-0.4, -0.2) is 22.6 Å². The van der Waals surface area contributed by atoms with Gasteiger partial charge in [-0.2, -0.15) is 0 Å². The molecule has 1 aromatic heterocycles. The van der Waals surface area contributed by atoms with Gasteiger partial charge >= 0.3 is 5.97 Å². The number of pyridine rings is 1. The number of aliphatic carboxylic acids is 1. The van der Waals surface area contributed by atoms with Gasteiger partial charge in [0.15, 0.2) is 0 Å². The highest BCUT2D eigenvalue weighted by molar-refractivity contribution is 5.91. The Morgan fingerprint density at radius 2 is 2.15 bits per heavy atom. The van der Waals surface area contributed by atoms with Crippen LogP contribution in [0.4, 0.5) is 5.82 Å². The van der Waals surface area contributed by atoms with Gasteiger partial charge in [-0.25, -0.2) is 4.98 Å². The van der Waals surface area contributed by atoms with Crippen LogP contribution in [0.3, 0.4) is 0 Å². The average Bonchev–Trinajstić information content (AvgIpc) is 2.93. The van der Waals surface area contributed by atoms with Crippen molar-refractivity contribution in [2.75, 3.05) is 11.9 Å². The number of carbonyl (C=O) groups is 1. The fourth-order valence-electron chi connectivity index (χ4n) is 3.09. The van der Waals surface area contributed by atoms with Crippen LogP contribution in [0.1, 0.15) is 19.3 Å². The van der Waals surface area contributed by atoms with E-state index in [-0.39, 0.29) is 11.8 Å². The fourth-order valence-corrected chi connectivity index (χ4v) is 3.09. The molecular weight excluding hydrogens is 252 g/mol. The smallest absolute Gasteiger partial charge is 0.306 e. The third-order valence-corrected chi connectivity index (χ3v) is 4.18. The van der Waals surface area contributed by atoms with Gasteiger partial charge in [-0.05, 0) is 30.2 Å². The maximum Gasteiger partial charge on any atom is 0.306 e. The number of hydrogen-bond donors (Lipinski definition) is 2. The molecule has 1 heterocycles. The minimum atomic E-state index is -0.667. The summed E-state index contributed by atoms with van der Waals surface area (Å²) in [6, 6.07) is 10.1. The van der Waals surface area contributed by atoms with Gasteiger partial charge in [0.25, 0.3) is 0 Å². The predicted molar refractivity (Wildman–Crippen MR) is 78.7 cm³/mol. The molecular formula is C16H18N2O2. The second-order valence-corrected chi connectivity index (χ2v) is 5.40. The zero-order valence-corrected chi connectivity index (χ0v) is 11.2. The van der Waals surface area contributed by atoms with Crippen LogP contribution in [-0.2, 0) is 4.79 Å². The highest BCUT2D eigenvalue weighted by Gasteiger charge is 2.32. The number of anilines is 1. The first-order chi connectivity index (χ1) is 9.75. The monoisotopic (exact) mass is 270 g/mol. The Labute approximate surface area is 117 Å². The Hall–Kier alpha value is -2.10. The Morgan fingerprint density at radius 3 is 3.00 bits per heavy atom. The van der Waals surface area contributed by atoms with Gasteiger partial charge in [0.1, 0.15) is 5.82 Å². The number of aromatic nitrogens is 1. The lowest BCUT2D eigenvalue weighted by atomic mass is 9.96. The largest absolute Gasteiger partial charge is 0.481 e. The molecule has 0 spiro atoms. The third-order valence-electron chi connectivity index (χ3n) is 4.18. The van der Waals surface area contributed by atoms with E-state index in [0.29, 0.717) is 6.54 Å². The van der Waals surface area contributed by atoms with Crippen LogP contribution in [0, 0.1) is 11.8 Å². The molecule has 1 saturated carbocycles. The zero-order chi connectivity index (χ0) is 13.9. The van der Waals surface area contributed by atoms with E-state index in [1.165, 1.54) is 0 Å². The molecule has 20 heavy (non-hydrogen) atoms. The van der Waals surface area contributed by atoms with E-state index in [0.717, 1.165) is 35.9 Å². The van der Waals surface area contributed by atoms with Crippen molar-refractivity contribution in [1.82, 2.24) is 4.98 Å². The molecule has 1 fully saturated rings. The second-order valence-electron chi connectivity index (χ2n) is 5.40. The van der Waals surface area contributed by atoms with Gasteiger partial charge < -0.3 is 10.4 Å². The number of hydrogen-bond acceptors (Lipinski definition) is 3. The van der Waals surface area contributed by atoms with Gasteiger partial charge in [0.05, 0.1) is 5.92 Å². The Balaban J connectivity index is 1.76. The summed E-state index contributed by atoms with van der Waals surface area (Å²) >= 11 is 0. The normalized spacial score (nSPS) is 22.0. The SMILES string of the molecule is O=C(O)C1CCCC1CNc1nccc2ccccc12. The first-order valence-corrected chi connectivity index (χ1v) is 7.06. The van der Waals surface area contributed by atoms with E-state index in [9.17, 15) is 9.90 Å². The van der Waals surface area contributed by atoms with Gasteiger partial charge in [-0.3, -0.25) is 4.79 Å². The lowest BCUT2D eigenvalue weighted by molar-refractivity contribution is -0.142. The molecule has 0 saturated heterocycles. The Morgan fingerprint density at radius 1 is 1.30 bits per heavy atom. The number of nitrogens with zero attached hydrogens (tertiary/aromatic N) is 1. The lowest BCUT2D eigenvalue weighted by Crippen LogP contribution is -2.24. The number of nitrogens with one attached hydrogen (secondary N) is 1. The van der Waals surface area contributed by atoms with Crippen molar-refractivity contribution in [2.45, 2.75) is 19.3 Å². The fraction of sp³-hybridized carbons (Fsp3) is 0.375. The van der Waals surface area contributed by atoms with Crippen LogP contribution < -0.4 is 5.32 Å². The number of carboxylic acid groups (broad SMARTS) is 1. The summed E-state index contributed by atoms with van der Waals surface area (Å²) in [7, 11) is 0. The van der Waals surface area contributed by atoms with Crippen LogP contribution in [0.5, 0.6) is 0 Å². The summed E-state index contributed by atoms with van der Waals surface area (Å²) in [5, 5.41) is 14.8. The van der Waals surface area contributed by atoms with Gasteiger partial charge in [-0.15, -0.1) is 0 Å². The van der Waals surface area contributed by atoms with Crippen LogP contribution in [0.15, 0.2) is 36.5 Å². The number of benzene rings is 1. The van der Waals surface area contributed by atoms with Gasteiger partial charge in [-0.1, -0.05) is 30.7 Å². The maximum absolute atomic E-state index is 11.2. The van der Waals surface area contributed by atoms with E-state index in [2.05, 4.69) is 16.4 Å². The molecule has 4 heteroatoms. The van der Waals surface area contributed by atoms with Crippen molar-refractivity contribution in [2.24, 2.45) is 11.8 Å². The molecule has 4 nitrogen and oxygen atoms in total. The standard InChI is InChI=1S/C16H18N2O2/c19-16(20)14-7-3-5-12(14)10-18-15-13-6-2-1-4-11(13)8-9-17-15/h1-2,4,6,8-9,12,14H,3,5,7,10H2,(H,17,18)(H,19,20). The minimum Gasteiger partial charge on any atom is -0.481 e. The third kappa shape index (κ3) is 2.46. The van der Waals surface area contributed by atoms with Crippen LogP contribution >= 0.6 is 0 Å². The van der Waals surface area contributed by atoms with E-state index in [1.54, 1.807) is 6.20 Å². The first-order valence-electron chi connectivity index (χ1n) is 7.06. The minimum absolute atomic E-state index is 0.202. The van der Waals surface area contributed by atoms with E-state index in [1.807, 2.05) is 24.3 Å². The highest BCUT2D eigenvalue weighted by atomic mass is 16.4. The van der Waals surface area contributed by atoms with Crippen molar-refractivity contribution >= 4 is 22.6 Å². The molecule has 2 unspecified atom stereocenters. The Bertz CT molecular complexity index is 621. The number of rotatable bonds is 4. The first kappa shape index (κ1) is 12.9. The molecule has 1 aromatic carbocycles. The van der Waals surface area contributed by atoms with E-state index < -0.39 is 5.97 Å². The second kappa shape index (κ2) is 5.49. The van der Waals surface area contributed by atoms with Gasteiger partial charge in [0.2, 0.25) is 0 Å².